The van der Waals surface area contributed by atoms with Crippen LogP contribution < -0.4 is 18.9 Å². The van der Waals surface area contributed by atoms with E-state index in [1.165, 1.54) is 38.1 Å². The Balaban J connectivity index is 1.55. The lowest BCUT2D eigenvalue weighted by Crippen LogP contribution is -2.23. The molecule has 0 bridgehead atoms. The number of alkyl halides is 3. The van der Waals surface area contributed by atoms with Gasteiger partial charge in [-0.2, -0.15) is 13.2 Å². The van der Waals surface area contributed by atoms with E-state index in [1.54, 1.807) is 18.2 Å². The van der Waals surface area contributed by atoms with Gasteiger partial charge in [-0.25, -0.2) is 8.42 Å². The maximum absolute atomic E-state index is 13.6. The summed E-state index contributed by atoms with van der Waals surface area (Å²) in [5.41, 5.74) is -1.04. The van der Waals surface area contributed by atoms with Crippen LogP contribution in [0.4, 0.5) is 18.9 Å². The zero-order valence-electron chi connectivity index (χ0n) is 21.2. The van der Waals surface area contributed by atoms with Gasteiger partial charge in [0.15, 0.2) is 11.5 Å². The van der Waals surface area contributed by atoms with E-state index in [0.717, 1.165) is 23.1 Å². The fraction of sp³-hybridized carbons (Fsp3) is 0.308. The predicted molar refractivity (Wildman–Crippen MR) is 144 cm³/mol. The van der Waals surface area contributed by atoms with Crippen molar-refractivity contribution in [1.29, 1.82) is 0 Å². The number of hydrogen-bond donors (Lipinski definition) is 1. The van der Waals surface area contributed by atoms with Crippen molar-refractivity contribution in [1.82, 2.24) is 4.90 Å². The minimum atomic E-state index is -4.66. The Labute approximate surface area is 234 Å². The molecular formula is C26H26ClF3N2O5S2. The van der Waals surface area contributed by atoms with Crippen LogP contribution in [0.15, 0.2) is 69.3 Å². The number of likely N-dealkylation sites (N-methyl/N-ethyl adjacent to an activating group) is 1. The van der Waals surface area contributed by atoms with Crippen LogP contribution in [0.25, 0.3) is 0 Å². The average molecular weight is 603 g/mol. The van der Waals surface area contributed by atoms with Gasteiger partial charge in [0.1, 0.15) is 11.9 Å². The summed E-state index contributed by atoms with van der Waals surface area (Å²) in [5.74, 6) is 0.664. The van der Waals surface area contributed by atoms with Gasteiger partial charge in [-0.3, -0.25) is 4.72 Å². The fourth-order valence-corrected chi connectivity index (χ4v) is 6.33. The minimum Gasteiger partial charge on any atom is -0.493 e. The molecule has 7 nitrogen and oxygen atoms in total. The quantitative estimate of drug-likeness (QED) is 0.303. The van der Waals surface area contributed by atoms with Gasteiger partial charge < -0.3 is 19.1 Å². The van der Waals surface area contributed by atoms with Crippen molar-refractivity contribution in [2.45, 2.75) is 33.4 Å². The van der Waals surface area contributed by atoms with Crippen molar-refractivity contribution >= 4 is 39.1 Å². The lowest BCUT2D eigenvalue weighted by molar-refractivity contribution is -0.139. The molecule has 1 atom stereocenters. The second-order valence-electron chi connectivity index (χ2n) is 8.82. The first-order valence-electron chi connectivity index (χ1n) is 11.7. The van der Waals surface area contributed by atoms with Crippen LogP contribution in [0.2, 0.25) is 5.02 Å². The summed E-state index contributed by atoms with van der Waals surface area (Å²) in [6.07, 6.45) is -4.53. The Bertz CT molecular complexity index is 1450. The van der Waals surface area contributed by atoms with Crippen LogP contribution >= 0.6 is 23.4 Å². The summed E-state index contributed by atoms with van der Waals surface area (Å²) in [7, 11) is 0.725. The number of nitrogens with zero attached hydrogens (tertiary/aromatic N) is 1. The Hall–Kier alpha value is -2.80. The molecule has 0 unspecified atom stereocenters. The van der Waals surface area contributed by atoms with Crippen molar-refractivity contribution in [3.05, 3.63) is 65.2 Å². The summed E-state index contributed by atoms with van der Waals surface area (Å²) in [5, 5.41) is 0.180. The van der Waals surface area contributed by atoms with E-state index in [-0.39, 0.29) is 15.6 Å². The van der Waals surface area contributed by atoms with Gasteiger partial charge in [0.25, 0.3) is 10.0 Å². The second-order valence-corrected chi connectivity index (χ2v) is 12.0. The average Bonchev–Trinajstić information content (AvgIpc) is 3.28. The van der Waals surface area contributed by atoms with E-state index in [4.69, 9.17) is 25.8 Å². The molecule has 0 saturated carbocycles. The second kappa shape index (κ2) is 11.7. The molecule has 13 heteroatoms. The maximum Gasteiger partial charge on any atom is 0.419 e. The Morgan fingerprint density at radius 1 is 1.00 bits per heavy atom. The molecule has 0 aliphatic carbocycles. The SMILES string of the molecule is COc1ccc(Sc2ccc(S(=O)(=O)Nc3ccc(C(F)(F)F)c(O[C@@H]4CCN(C)C4)c3)cc2Cl)cc1OC. The van der Waals surface area contributed by atoms with Crippen LogP contribution in [-0.4, -0.2) is 53.8 Å². The third-order valence-corrected chi connectivity index (χ3v) is 8.85. The number of sulfonamides is 1. The number of nitrogens with one attached hydrogen (secondary N) is 1. The van der Waals surface area contributed by atoms with Crippen molar-refractivity contribution in [2.24, 2.45) is 0 Å². The van der Waals surface area contributed by atoms with E-state index in [0.29, 0.717) is 35.9 Å². The highest BCUT2D eigenvalue weighted by atomic mass is 35.5. The van der Waals surface area contributed by atoms with Crippen LogP contribution in [-0.2, 0) is 16.2 Å². The third-order valence-electron chi connectivity index (χ3n) is 5.98. The molecule has 1 heterocycles. The molecule has 39 heavy (non-hydrogen) atoms. The number of methoxy groups -OCH3 is 2. The molecule has 210 valence electrons. The van der Waals surface area contributed by atoms with E-state index >= 15 is 0 Å². The zero-order valence-corrected chi connectivity index (χ0v) is 23.6. The molecule has 0 radical (unpaired) electrons. The van der Waals surface area contributed by atoms with Gasteiger partial charge in [-0.15, -0.1) is 0 Å². The molecule has 0 aromatic heterocycles. The van der Waals surface area contributed by atoms with E-state index < -0.39 is 33.6 Å². The standard InChI is InChI=1S/C26H26ClF3N2O5S2/c1-32-11-10-17(15-32)37-23-12-16(4-7-20(23)26(28,29)30)31-39(33,34)19-6-9-25(21(27)14-19)38-18-5-8-22(35-2)24(13-18)36-3/h4-9,12-14,17,31H,10-11,15H2,1-3H3/t17-/m1/s1. The Morgan fingerprint density at radius 3 is 2.36 bits per heavy atom. The van der Waals surface area contributed by atoms with Gasteiger partial charge in [0.2, 0.25) is 0 Å². The number of anilines is 1. The maximum atomic E-state index is 13.6. The zero-order chi connectivity index (χ0) is 28.4. The molecule has 3 aromatic rings. The number of rotatable bonds is 9. The molecule has 0 spiro atoms. The molecule has 1 fully saturated rings. The largest absolute Gasteiger partial charge is 0.493 e. The summed E-state index contributed by atoms with van der Waals surface area (Å²) < 4.78 is 85.5. The van der Waals surface area contributed by atoms with Crippen molar-refractivity contribution in [2.75, 3.05) is 39.1 Å². The Morgan fingerprint density at radius 2 is 1.74 bits per heavy atom. The third kappa shape index (κ3) is 7.05. The first-order chi connectivity index (χ1) is 18.4. The van der Waals surface area contributed by atoms with Gasteiger partial charge in [-0.05, 0) is 62.0 Å². The smallest absolute Gasteiger partial charge is 0.419 e. The molecule has 0 amide bonds. The summed E-state index contributed by atoms with van der Waals surface area (Å²) in [6, 6.07) is 12.4. The minimum absolute atomic E-state index is 0.0655. The lowest BCUT2D eigenvalue weighted by Gasteiger charge is -2.19. The highest BCUT2D eigenvalue weighted by Crippen LogP contribution is 2.40. The van der Waals surface area contributed by atoms with Gasteiger partial charge >= 0.3 is 6.18 Å². The van der Waals surface area contributed by atoms with E-state index in [2.05, 4.69) is 4.72 Å². The number of hydrogen-bond acceptors (Lipinski definition) is 7. The van der Waals surface area contributed by atoms with Crippen molar-refractivity contribution < 1.29 is 35.8 Å². The van der Waals surface area contributed by atoms with Crippen LogP contribution in [0, 0.1) is 0 Å². The van der Waals surface area contributed by atoms with Crippen LogP contribution in [0.1, 0.15) is 12.0 Å². The molecule has 1 aliphatic rings. The summed E-state index contributed by atoms with van der Waals surface area (Å²) >= 11 is 7.70. The predicted octanol–water partition coefficient (Wildman–Crippen LogP) is 6.41. The number of ether oxygens (including phenoxy) is 3. The summed E-state index contributed by atoms with van der Waals surface area (Å²) in [4.78, 5) is 3.17. The normalized spacial score (nSPS) is 16.2. The first kappa shape index (κ1) is 29.2. The van der Waals surface area contributed by atoms with Crippen molar-refractivity contribution in [3.8, 4) is 17.2 Å². The van der Waals surface area contributed by atoms with E-state index in [9.17, 15) is 21.6 Å². The summed E-state index contributed by atoms with van der Waals surface area (Å²) in [6.45, 7) is 1.17. The van der Waals surface area contributed by atoms with E-state index in [1.807, 2.05) is 18.0 Å². The monoisotopic (exact) mass is 602 g/mol. The molecule has 1 N–H and O–H groups in total. The Kier molecular flexibility index (Phi) is 8.79. The molecular weight excluding hydrogens is 577 g/mol. The first-order valence-corrected chi connectivity index (χ1v) is 14.4. The van der Waals surface area contributed by atoms with Crippen LogP contribution in [0.5, 0.6) is 17.2 Å². The highest BCUT2D eigenvalue weighted by Gasteiger charge is 2.36. The fourth-order valence-electron chi connectivity index (χ4n) is 4.04. The molecule has 3 aromatic carbocycles. The number of likely N-dealkylation sites (tertiary alicyclic amines) is 1. The van der Waals surface area contributed by atoms with Gasteiger partial charge in [-0.1, -0.05) is 23.4 Å². The van der Waals surface area contributed by atoms with Crippen molar-refractivity contribution in [3.63, 3.8) is 0 Å². The molecule has 1 saturated heterocycles. The molecule has 4 rings (SSSR count). The van der Waals surface area contributed by atoms with Gasteiger partial charge in [0, 0.05) is 28.9 Å². The van der Waals surface area contributed by atoms with Crippen LogP contribution in [0.3, 0.4) is 0 Å². The molecule has 1 aliphatic heterocycles. The topological polar surface area (TPSA) is 77.1 Å². The number of benzene rings is 3. The number of halogens is 4. The van der Waals surface area contributed by atoms with Gasteiger partial charge in [0.05, 0.1) is 35.4 Å². The lowest BCUT2D eigenvalue weighted by atomic mass is 10.1. The highest BCUT2D eigenvalue weighted by molar-refractivity contribution is 7.99.